The minimum Gasteiger partial charge on any atom is -0.396 e. The number of hydrogen-bond donors (Lipinski definition) is 1. The van der Waals surface area contributed by atoms with Crippen LogP contribution in [0.25, 0.3) is 0 Å². The Morgan fingerprint density at radius 2 is 2.05 bits per heavy atom. The van der Waals surface area contributed by atoms with Gasteiger partial charge >= 0.3 is 0 Å². The van der Waals surface area contributed by atoms with Gasteiger partial charge in [-0.3, -0.25) is 4.98 Å². The summed E-state index contributed by atoms with van der Waals surface area (Å²) in [5.74, 6) is -0.596. The maximum absolute atomic E-state index is 13.5. The van der Waals surface area contributed by atoms with Crippen molar-refractivity contribution in [1.82, 2.24) is 9.29 Å². The lowest BCUT2D eigenvalue weighted by atomic mass is 10.2. The number of aromatic nitrogens is 1. The molecule has 0 radical (unpaired) electrons. The molecule has 0 amide bonds. The van der Waals surface area contributed by atoms with Gasteiger partial charge in [-0.05, 0) is 36.8 Å². The molecule has 2 aromatic rings. The number of pyridine rings is 1. The molecule has 7 heteroatoms. The van der Waals surface area contributed by atoms with Crippen LogP contribution >= 0.6 is 0 Å². The summed E-state index contributed by atoms with van der Waals surface area (Å²) in [5.41, 5.74) is 6.13. The fourth-order valence-corrected chi connectivity index (χ4v) is 3.16. The number of nitrogens with zero attached hydrogens (tertiary/aromatic N) is 2. The second-order valence-electron chi connectivity index (χ2n) is 4.73. The molecule has 0 unspecified atom stereocenters. The summed E-state index contributed by atoms with van der Waals surface area (Å²) in [6.45, 7) is 1.60. The molecule has 0 aliphatic heterocycles. The van der Waals surface area contributed by atoms with Crippen molar-refractivity contribution in [3.63, 3.8) is 0 Å². The SMILES string of the molecule is Cc1cc(S(=O)(=O)N(C)Cc2ccccn2)cc(N)c1F. The molecule has 21 heavy (non-hydrogen) atoms. The van der Waals surface area contributed by atoms with Crippen molar-refractivity contribution >= 4 is 15.7 Å². The van der Waals surface area contributed by atoms with Gasteiger partial charge in [-0.2, -0.15) is 4.31 Å². The summed E-state index contributed by atoms with van der Waals surface area (Å²) in [5, 5.41) is 0. The van der Waals surface area contributed by atoms with Crippen molar-refractivity contribution in [2.75, 3.05) is 12.8 Å². The van der Waals surface area contributed by atoms with E-state index in [-0.39, 0.29) is 22.7 Å². The van der Waals surface area contributed by atoms with E-state index in [4.69, 9.17) is 5.73 Å². The standard InChI is InChI=1S/C14H16FN3O2S/c1-10-7-12(8-13(16)14(10)15)21(19,20)18(2)9-11-5-3-4-6-17-11/h3-8H,9,16H2,1-2H3. The lowest BCUT2D eigenvalue weighted by Crippen LogP contribution is -2.27. The predicted molar refractivity (Wildman–Crippen MR) is 78.4 cm³/mol. The maximum Gasteiger partial charge on any atom is 0.243 e. The predicted octanol–water partition coefficient (Wildman–Crippen LogP) is 1.93. The van der Waals surface area contributed by atoms with Crippen LogP contribution in [0.2, 0.25) is 0 Å². The number of hydrogen-bond acceptors (Lipinski definition) is 4. The summed E-state index contributed by atoms with van der Waals surface area (Å²) >= 11 is 0. The molecule has 0 spiro atoms. The average Bonchev–Trinajstić information content (AvgIpc) is 2.45. The third kappa shape index (κ3) is 3.20. The monoisotopic (exact) mass is 309 g/mol. The van der Waals surface area contributed by atoms with E-state index in [0.29, 0.717) is 5.69 Å². The second-order valence-corrected chi connectivity index (χ2v) is 6.77. The van der Waals surface area contributed by atoms with Crippen LogP contribution in [0.5, 0.6) is 0 Å². The molecule has 1 aromatic carbocycles. The number of nitrogens with two attached hydrogens (primary N) is 1. The summed E-state index contributed by atoms with van der Waals surface area (Å²) in [7, 11) is -2.31. The highest BCUT2D eigenvalue weighted by atomic mass is 32.2. The van der Waals surface area contributed by atoms with Crippen molar-refractivity contribution in [2.45, 2.75) is 18.4 Å². The number of nitrogen functional groups attached to an aromatic ring is 1. The summed E-state index contributed by atoms with van der Waals surface area (Å²) in [6.07, 6.45) is 1.59. The minimum atomic E-state index is -3.75. The molecule has 0 bridgehead atoms. The van der Waals surface area contributed by atoms with E-state index >= 15 is 0 Å². The van der Waals surface area contributed by atoms with Crippen molar-refractivity contribution in [2.24, 2.45) is 0 Å². The van der Waals surface area contributed by atoms with Crippen molar-refractivity contribution in [3.8, 4) is 0 Å². The van der Waals surface area contributed by atoms with Crippen LogP contribution in [0.4, 0.5) is 10.1 Å². The van der Waals surface area contributed by atoms with E-state index in [1.807, 2.05) is 0 Å². The molecule has 5 nitrogen and oxygen atoms in total. The molecule has 0 saturated carbocycles. The second kappa shape index (κ2) is 5.79. The lowest BCUT2D eigenvalue weighted by molar-refractivity contribution is 0.462. The number of aryl methyl sites for hydroxylation is 1. The third-order valence-corrected chi connectivity index (χ3v) is 4.86. The van der Waals surface area contributed by atoms with Crippen LogP contribution in [-0.4, -0.2) is 24.8 Å². The van der Waals surface area contributed by atoms with Gasteiger partial charge in [-0.25, -0.2) is 12.8 Å². The summed E-state index contributed by atoms with van der Waals surface area (Å²) in [4.78, 5) is 4.05. The van der Waals surface area contributed by atoms with Crippen LogP contribution in [-0.2, 0) is 16.6 Å². The summed E-state index contributed by atoms with van der Waals surface area (Å²) < 4.78 is 39.6. The quantitative estimate of drug-likeness (QED) is 0.876. The molecule has 0 saturated heterocycles. The third-order valence-electron chi connectivity index (χ3n) is 3.08. The van der Waals surface area contributed by atoms with E-state index in [0.717, 1.165) is 10.4 Å². The van der Waals surface area contributed by atoms with Crippen molar-refractivity contribution in [1.29, 1.82) is 0 Å². The summed E-state index contributed by atoms with van der Waals surface area (Å²) in [6, 6.07) is 7.67. The van der Waals surface area contributed by atoms with Gasteiger partial charge in [-0.1, -0.05) is 6.07 Å². The molecule has 1 aromatic heterocycles. The minimum absolute atomic E-state index is 0.0302. The lowest BCUT2D eigenvalue weighted by Gasteiger charge is -2.17. The average molecular weight is 309 g/mol. The first kappa shape index (κ1) is 15.4. The number of anilines is 1. The van der Waals surface area contributed by atoms with E-state index in [1.54, 1.807) is 24.4 Å². The Labute approximate surface area is 123 Å². The molecule has 2 N–H and O–H groups in total. The van der Waals surface area contributed by atoms with E-state index < -0.39 is 15.8 Å². The zero-order valence-electron chi connectivity index (χ0n) is 11.7. The molecule has 0 atom stereocenters. The van der Waals surface area contributed by atoms with E-state index in [1.165, 1.54) is 20.0 Å². The highest BCUT2D eigenvalue weighted by molar-refractivity contribution is 7.89. The largest absolute Gasteiger partial charge is 0.396 e. The van der Waals surface area contributed by atoms with Gasteiger partial charge in [0.15, 0.2) is 0 Å². The molecule has 0 fully saturated rings. The fourth-order valence-electron chi connectivity index (χ4n) is 1.90. The fraction of sp³-hybridized carbons (Fsp3) is 0.214. The highest BCUT2D eigenvalue weighted by Gasteiger charge is 2.23. The van der Waals surface area contributed by atoms with Crippen LogP contribution in [0.3, 0.4) is 0 Å². The molecule has 2 rings (SSSR count). The number of halogens is 1. The Bertz CT molecular complexity index is 725. The van der Waals surface area contributed by atoms with Crippen LogP contribution in [0.15, 0.2) is 41.4 Å². The number of benzene rings is 1. The molecular formula is C14H16FN3O2S. The molecule has 0 aliphatic rings. The smallest absolute Gasteiger partial charge is 0.243 e. The first-order valence-electron chi connectivity index (χ1n) is 6.24. The molecular weight excluding hydrogens is 293 g/mol. The van der Waals surface area contributed by atoms with Crippen LogP contribution in [0, 0.1) is 12.7 Å². The Balaban J connectivity index is 2.33. The van der Waals surface area contributed by atoms with Crippen molar-refractivity contribution < 1.29 is 12.8 Å². The zero-order chi connectivity index (χ0) is 15.6. The molecule has 1 heterocycles. The first-order chi connectivity index (χ1) is 9.82. The Hall–Kier alpha value is -1.99. The Kier molecular flexibility index (Phi) is 4.24. The Morgan fingerprint density at radius 3 is 2.62 bits per heavy atom. The van der Waals surface area contributed by atoms with Gasteiger partial charge in [0.25, 0.3) is 0 Å². The van der Waals surface area contributed by atoms with Crippen LogP contribution < -0.4 is 5.73 Å². The molecule has 0 aliphatic carbocycles. The van der Waals surface area contributed by atoms with Crippen molar-refractivity contribution in [3.05, 3.63) is 53.6 Å². The van der Waals surface area contributed by atoms with Gasteiger partial charge in [-0.15, -0.1) is 0 Å². The van der Waals surface area contributed by atoms with Gasteiger partial charge < -0.3 is 5.73 Å². The van der Waals surface area contributed by atoms with Gasteiger partial charge in [0.2, 0.25) is 10.0 Å². The molecule has 112 valence electrons. The van der Waals surface area contributed by atoms with Crippen LogP contribution in [0.1, 0.15) is 11.3 Å². The topological polar surface area (TPSA) is 76.3 Å². The van der Waals surface area contributed by atoms with Gasteiger partial charge in [0.05, 0.1) is 22.8 Å². The number of rotatable bonds is 4. The first-order valence-corrected chi connectivity index (χ1v) is 7.68. The normalized spacial score (nSPS) is 11.8. The van der Waals surface area contributed by atoms with E-state index in [2.05, 4.69) is 4.98 Å². The zero-order valence-corrected chi connectivity index (χ0v) is 12.6. The highest BCUT2D eigenvalue weighted by Crippen LogP contribution is 2.23. The maximum atomic E-state index is 13.5. The van der Waals surface area contributed by atoms with Gasteiger partial charge in [0.1, 0.15) is 5.82 Å². The Morgan fingerprint density at radius 1 is 1.33 bits per heavy atom. The van der Waals surface area contributed by atoms with Gasteiger partial charge in [0, 0.05) is 13.2 Å². The van der Waals surface area contributed by atoms with E-state index in [9.17, 15) is 12.8 Å². The number of sulfonamides is 1.